The number of primary amides is 1. The highest BCUT2D eigenvalue weighted by Gasteiger charge is 2.28. The summed E-state index contributed by atoms with van der Waals surface area (Å²) in [5, 5.41) is 3.65. The Labute approximate surface area is 180 Å². The normalized spacial score (nSPS) is 19.5. The van der Waals surface area contributed by atoms with E-state index in [9.17, 15) is 9.59 Å². The van der Waals surface area contributed by atoms with E-state index in [0.717, 1.165) is 42.9 Å². The van der Waals surface area contributed by atoms with Crippen LogP contribution in [0.3, 0.4) is 0 Å². The lowest BCUT2D eigenvalue weighted by Crippen LogP contribution is -2.45. The molecule has 1 unspecified atom stereocenters. The molecule has 0 radical (unpaired) electrons. The molecular formula is C21H27N7O3. The second kappa shape index (κ2) is 8.76. The Hall–Kier alpha value is -3.40. The number of amides is 2. The van der Waals surface area contributed by atoms with E-state index >= 15 is 0 Å². The predicted molar refractivity (Wildman–Crippen MR) is 119 cm³/mol. The first kappa shape index (κ1) is 20.9. The van der Waals surface area contributed by atoms with Crippen molar-refractivity contribution >= 4 is 40.4 Å². The number of piperazine rings is 1. The summed E-state index contributed by atoms with van der Waals surface area (Å²) in [5.74, 6) is 1.16. The van der Waals surface area contributed by atoms with Crippen LogP contribution in [0.25, 0.3) is 10.9 Å². The quantitative estimate of drug-likeness (QED) is 0.686. The van der Waals surface area contributed by atoms with Gasteiger partial charge in [-0.3, -0.25) is 4.79 Å². The summed E-state index contributed by atoms with van der Waals surface area (Å²) in [6.45, 7) is 8.25. The van der Waals surface area contributed by atoms with Crippen LogP contribution in [0.2, 0.25) is 0 Å². The standard InChI is InChI=1S/C21H27N7O3/c1-3-18(29)23-14-4-5-16-17(12-14)24-21(27-10-8-26(2)9-11-27)25-19(16)28-7-6-15(13-28)31-20(22)30/h3-5,12,15H,1,6-11,13H2,2H3,(H2,22,30)(H,23,29). The molecule has 0 saturated carbocycles. The van der Waals surface area contributed by atoms with Crippen molar-refractivity contribution in [1.29, 1.82) is 0 Å². The van der Waals surface area contributed by atoms with Crippen LogP contribution < -0.4 is 20.9 Å². The number of nitrogens with zero attached hydrogens (tertiary/aromatic N) is 5. The highest BCUT2D eigenvalue weighted by atomic mass is 16.6. The zero-order chi connectivity index (χ0) is 22.0. The summed E-state index contributed by atoms with van der Waals surface area (Å²) in [5.41, 5.74) is 6.57. The van der Waals surface area contributed by atoms with Gasteiger partial charge in [0.15, 0.2) is 0 Å². The first-order valence-corrected chi connectivity index (χ1v) is 10.3. The average molecular weight is 425 g/mol. The third-order valence-corrected chi connectivity index (χ3v) is 5.63. The number of fused-ring (bicyclic) bond motifs is 1. The molecule has 2 saturated heterocycles. The molecule has 10 heteroatoms. The molecule has 3 heterocycles. The minimum Gasteiger partial charge on any atom is -0.444 e. The van der Waals surface area contributed by atoms with Gasteiger partial charge < -0.3 is 30.5 Å². The number of carbonyl (C=O) groups is 2. The van der Waals surface area contributed by atoms with Crippen LogP contribution in [-0.4, -0.2) is 79.3 Å². The Balaban J connectivity index is 1.71. The van der Waals surface area contributed by atoms with Crippen molar-refractivity contribution in [2.45, 2.75) is 12.5 Å². The Morgan fingerprint density at radius 2 is 1.97 bits per heavy atom. The van der Waals surface area contributed by atoms with Gasteiger partial charge in [-0.15, -0.1) is 0 Å². The molecule has 164 valence electrons. The van der Waals surface area contributed by atoms with Gasteiger partial charge in [0.1, 0.15) is 11.9 Å². The maximum atomic E-state index is 11.7. The third-order valence-electron chi connectivity index (χ3n) is 5.63. The maximum Gasteiger partial charge on any atom is 0.404 e. The fourth-order valence-corrected chi connectivity index (χ4v) is 3.94. The first-order chi connectivity index (χ1) is 14.9. The van der Waals surface area contributed by atoms with Crippen molar-refractivity contribution in [3.63, 3.8) is 0 Å². The topological polar surface area (TPSA) is 117 Å². The lowest BCUT2D eigenvalue weighted by atomic mass is 10.2. The van der Waals surface area contributed by atoms with Crippen molar-refractivity contribution in [3.05, 3.63) is 30.9 Å². The molecule has 1 aromatic heterocycles. The predicted octanol–water partition coefficient (Wildman–Crippen LogP) is 1.18. The fraction of sp³-hybridized carbons (Fsp3) is 0.429. The number of likely N-dealkylation sites (N-methyl/N-ethyl adjacent to an activating group) is 1. The Morgan fingerprint density at radius 1 is 1.19 bits per heavy atom. The van der Waals surface area contributed by atoms with Crippen molar-refractivity contribution in [1.82, 2.24) is 14.9 Å². The number of rotatable bonds is 5. The van der Waals surface area contributed by atoms with E-state index < -0.39 is 6.09 Å². The molecular weight excluding hydrogens is 398 g/mol. The molecule has 2 fully saturated rings. The summed E-state index contributed by atoms with van der Waals surface area (Å²) in [6, 6.07) is 5.56. The summed E-state index contributed by atoms with van der Waals surface area (Å²) in [6.07, 6.45) is 0.890. The van der Waals surface area contributed by atoms with Crippen molar-refractivity contribution in [2.75, 3.05) is 61.4 Å². The van der Waals surface area contributed by atoms with Gasteiger partial charge in [-0.1, -0.05) is 6.58 Å². The van der Waals surface area contributed by atoms with E-state index in [4.69, 9.17) is 20.4 Å². The molecule has 2 aliphatic heterocycles. The first-order valence-electron chi connectivity index (χ1n) is 10.3. The minimum absolute atomic E-state index is 0.263. The van der Waals surface area contributed by atoms with Gasteiger partial charge in [-0.05, 0) is 31.3 Å². The molecule has 3 N–H and O–H groups in total. The van der Waals surface area contributed by atoms with Gasteiger partial charge in [0.2, 0.25) is 11.9 Å². The Bertz CT molecular complexity index is 1000. The molecule has 4 rings (SSSR count). The van der Waals surface area contributed by atoms with E-state index in [2.05, 4.69) is 33.6 Å². The van der Waals surface area contributed by atoms with Crippen LogP contribution in [0.5, 0.6) is 0 Å². The van der Waals surface area contributed by atoms with Gasteiger partial charge >= 0.3 is 6.09 Å². The van der Waals surface area contributed by atoms with Crippen molar-refractivity contribution in [3.8, 4) is 0 Å². The summed E-state index contributed by atoms with van der Waals surface area (Å²) in [7, 11) is 2.10. The van der Waals surface area contributed by atoms with Crippen molar-refractivity contribution < 1.29 is 14.3 Å². The number of aromatic nitrogens is 2. The monoisotopic (exact) mass is 425 g/mol. The van der Waals surface area contributed by atoms with Gasteiger partial charge in [0.25, 0.3) is 0 Å². The Morgan fingerprint density at radius 3 is 2.68 bits per heavy atom. The highest BCUT2D eigenvalue weighted by Crippen LogP contribution is 2.31. The van der Waals surface area contributed by atoms with Crippen LogP contribution in [0.4, 0.5) is 22.2 Å². The SMILES string of the molecule is C=CC(=O)Nc1ccc2c(N3CCC(OC(N)=O)C3)nc(N3CCN(C)CC3)nc2c1. The number of anilines is 3. The molecule has 10 nitrogen and oxygen atoms in total. The molecule has 2 aromatic rings. The molecule has 0 bridgehead atoms. The van der Waals surface area contributed by atoms with E-state index in [1.54, 1.807) is 0 Å². The van der Waals surface area contributed by atoms with E-state index in [1.807, 2.05) is 18.2 Å². The van der Waals surface area contributed by atoms with Gasteiger partial charge in [0.05, 0.1) is 12.1 Å². The average Bonchev–Trinajstić information content (AvgIpc) is 3.20. The van der Waals surface area contributed by atoms with Crippen molar-refractivity contribution in [2.24, 2.45) is 5.73 Å². The second-order valence-electron chi connectivity index (χ2n) is 7.86. The van der Waals surface area contributed by atoms with E-state index in [0.29, 0.717) is 31.1 Å². The summed E-state index contributed by atoms with van der Waals surface area (Å²) < 4.78 is 5.19. The summed E-state index contributed by atoms with van der Waals surface area (Å²) in [4.78, 5) is 39.1. The number of hydrogen-bond donors (Lipinski definition) is 2. The molecule has 1 atom stereocenters. The zero-order valence-electron chi connectivity index (χ0n) is 17.6. The number of ether oxygens (including phenoxy) is 1. The smallest absolute Gasteiger partial charge is 0.404 e. The van der Waals surface area contributed by atoms with Crippen LogP contribution in [0.1, 0.15) is 6.42 Å². The third kappa shape index (κ3) is 4.69. The molecule has 1 aromatic carbocycles. The maximum absolute atomic E-state index is 11.7. The molecule has 0 spiro atoms. The van der Waals surface area contributed by atoms with E-state index in [-0.39, 0.29) is 12.0 Å². The lowest BCUT2D eigenvalue weighted by molar-refractivity contribution is -0.111. The van der Waals surface area contributed by atoms with E-state index in [1.165, 1.54) is 6.08 Å². The van der Waals surface area contributed by atoms with Crippen LogP contribution >= 0.6 is 0 Å². The number of benzene rings is 1. The van der Waals surface area contributed by atoms with Gasteiger partial charge in [-0.2, -0.15) is 4.98 Å². The number of carbonyl (C=O) groups excluding carboxylic acids is 2. The molecule has 2 aliphatic rings. The van der Waals surface area contributed by atoms with Gasteiger partial charge in [0, 0.05) is 50.2 Å². The zero-order valence-corrected chi connectivity index (χ0v) is 17.6. The number of hydrogen-bond acceptors (Lipinski definition) is 8. The largest absolute Gasteiger partial charge is 0.444 e. The molecule has 2 amide bonds. The van der Waals surface area contributed by atoms with Crippen LogP contribution in [-0.2, 0) is 9.53 Å². The number of nitrogens with two attached hydrogens (primary N) is 1. The van der Waals surface area contributed by atoms with Crippen LogP contribution in [0, 0.1) is 0 Å². The Kier molecular flexibility index (Phi) is 5.90. The van der Waals surface area contributed by atoms with Crippen LogP contribution in [0.15, 0.2) is 30.9 Å². The number of nitrogens with one attached hydrogen (secondary N) is 1. The minimum atomic E-state index is -0.764. The second-order valence-corrected chi connectivity index (χ2v) is 7.86. The fourth-order valence-electron chi connectivity index (χ4n) is 3.94. The van der Waals surface area contributed by atoms with Gasteiger partial charge in [-0.25, -0.2) is 9.78 Å². The molecule has 31 heavy (non-hydrogen) atoms. The molecule has 0 aliphatic carbocycles. The summed E-state index contributed by atoms with van der Waals surface area (Å²) >= 11 is 0. The highest BCUT2D eigenvalue weighted by molar-refractivity contribution is 6.01. The lowest BCUT2D eigenvalue weighted by Gasteiger charge is -2.33.